The van der Waals surface area contributed by atoms with Crippen molar-refractivity contribution in [3.05, 3.63) is 0 Å². The number of hydrogen-bond acceptors (Lipinski definition) is 3. The SMILES string of the molecule is CC1(O)COC2CCCCC2O1. The van der Waals surface area contributed by atoms with Gasteiger partial charge in [-0.3, -0.25) is 0 Å². The number of ether oxygens (including phenoxy) is 2. The average Bonchev–Trinajstić information content (AvgIpc) is 2.02. The maximum atomic E-state index is 9.57. The molecule has 2 rings (SSSR count). The second kappa shape index (κ2) is 2.98. The van der Waals surface area contributed by atoms with E-state index in [2.05, 4.69) is 0 Å². The van der Waals surface area contributed by atoms with E-state index in [9.17, 15) is 5.11 Å². The molecule has 0 bridgehead atoms. The fourth-order valence-electron chi connectivity index (χ4n) is 2.01. The highest BCUT2D eigenvalue weighted by atomic mass is 16.7. The maximum Gasteiger partial charge on any atom is 0.186 e. The number of fused-ring (bicyclic) bond motifs is 1. The topological polar surface area (TPSA) is 38.7 Å². The van der Waals surface area contributed by atoms with Gasteiger partial charge >= 0.3 is 0 Å². The molecule has 2 fully saturated rings. The lowest BCUT2D eigenvalue weighted by Gasteiger charge is -2.42. The van der Waals surface area contributed by atoms with Crippen molar-refractivity contribution < 1.29 is 14.6 Å². The van der Waals surface area contributed by atoms with Crippen LogP contribution in [0.25, 0.3) is 0 Å². The summed E-state index contributed by atoms with van der Waals surface area (Å²) in [6, 6.07) is 0. The minimum absolute atomic E-state index is 0.127. The Balaban J connectivity index is 1.99. The third-order valence-electron chi connectivity index (χ3n) is 2.61. The van der Waals surface area contributed by atoms with Gasteiger partial charge in [0.25, 0.3) is 0 Å². The molecule has 1 heterocycles. The third-order valence-corrected chi connectivity index (χ3v) is 2.61. The van der Waals surface area contributed by atoms with E-state index in [1.807, 2.05) is 0 Å². The average molecular weight is 172 g/mol. The van der Waals surface area contributed by atoms with Crippen LogP contribution in [0, 0.1) is 0 Å². The summed E-state index contributed by atoms with van der Waals surface area (Å²) in [5.41, 5.74) is 0. The summed E-state index contributed by atoms with van der Waals surface area (Å²) < 4.78 is 11.0. The Hall–Kier alpha value is -0.120. The van der Waals surface area contributed by atoms with E-state index in [1.54, 1.807) is 6.92 Å². The van der Waals surface area contributed by atoms with E-state index in [4.69, 9.17) is 9.47 Å². The lowest BCUT2D eigenvalue weighted by molar-refractivity contribution is -0.314. The molecule has 3 unspecified atom stereocenters. The van der Waals surface area contributed by atoms with Crippen molar-refractivity contribution in [2.75, 3.05) is 6.61 Å². The van der Waals surface area contributed by atoms with Crippen molar-refractivity contribution in [1.82, 2.24) is 0 Å². The molecule has 70 valence electrons. The van der Waals surface area contributed by atoms with Crippen LogP contribution in [0.4, 0.5) is 0 Å². The summed E-state index contributed by atoms with van der Waals surface area (Å²) in [6.45, 7) is 1.98. The standard InChI is InChI=1S/C9H16O3/c1-9(10)6-11-7-4-2-3-5-8(7)12-9/h7-8,10H,2-6H2,1H3. The second-order valence-corrected chi connectivity index (χ2v) is 3.97. The van der Waals surface area contributed by atoms with Crippen LogP contribution in [0.15, 0.2) is 0 Å². The summed E-state index contributed by atoms with van der Waals surface area (Å²) in [4.78, 5) is 0. The Morgan fingerprint density at radius 3 is 2.67 bits per heavy atom. The molecule has 1 aliphatic carbocycles. The summed E-state index contributed by atoms with van der Waals surface area (Å²) in [6.07, 6.45) is 4.90. The van der Waals surface area contributed by atoms with Gasteiger partial charge in [-0.25, -0.2) is 0 Å². The molecule has 0 amide bonds. The first-order chi connectivity index (χ1) is 5.67. The highest BCUT2D eigenvalue weighted by Gasteiger charge is 2.38. The lowest BCUT2D eigenvalue weighted by Crippen LogP contribution is -2.51. The Labute approximate surface area is 72.7 Å². The van der Waals surface area contributed by atoms with Crippen LogP contribution in [0.2, 0.25) is 0 Å². The van der Waals surface area contributed by atoms with E-state index < -0.39 is 5.79 Å². The van der Waals surface area contributed by atoms with Crippen LogP contribution in [0.3, 0.4) is 0 Å². The summed E-state index contributed by atoms with van der Waals surface area (Å²) in [5, 5.41) is 9.57. The van der Waals surface area contributed by atoms with Crippen LogP contribution >= 0.6 is 0 Å². The zero-order chi connectivity index (χ0) is 8.60. The van der Waals surface area contributed by atoms with Gasteiger partial charge in [-0.15, -0.1) is 0 Å². The fraction of sp³-hybridized carbons (Fsp3) is 1.00. The first-order valence-electron chi connectivity index (χ1n) is 4.69. The van der Waals surface area contributed by atoms with Gasteiger partial charge in [0, 0.05) is 0 Å². The largest absolute Gasteiger partial charge is 0.370 e. The normalized spacial score (nSPS) is 48.5. The van der Waals surface area contributed by atoms with Gasteiger partial charge in [-0.1, -0.05) is 12.8 Å². The highest BCUT2D eigenvalue weighted by Crippen LogP contribution is 2.31. The minimum Gasteiger partial charge on any atom is -0.370 e. The molecule has 3 heteroatoms. The number of hydrogen-bond donors (Lipinski definition) is 1. The number of rotatable bonds is 0. The first kappa shape index (κ1) is 8.48. The van der Waals surface area contributed by atoms with E-state index in [0.717, 1.165) is 12.8 Å². The first-order valence-corrected chi connectivity index (χ1v) is 4.69. The Bertz CT molecular complexity index is 167. The number of aliphatic hydroxyl groups is 1. The zero-order valence-corrected chi connectivity index (χ0v) is 7.45. The van der Waals surface area contributed by atoms with Gasteiger partial charge in [-0.05, 0) is 19.8 Å². The molecular weight excluding hydrogens is 156 g/mol. The van der Waals surface area contributed by atoms with Crippen molar-refractivity contribution in [3.63, 3.8) is 0 Å². The highest BCUT2D eigenvalue weighted by molar-refractivity contribution is 4.82. The van der Waals surface area contributed by atoms with Gasteiger partial charge in [-0.2, -0.15) is 0 Å². The van der Waals surface area contributed by atoms with Crippen LogP contribution in [-0.2, 0) is 9.47 Å². The Morgan fingerprint density at radius 2 is 1.92 bits per heavy atom. The molecule has 1 aliphatic heterocycles. The van der Waals surface area contributed by atoms with E-state index in [-0.39, 0.29) is 12.2 Å². The third kappa shape index (κ3) is 1.63. The smallest absolute Gasteiger partial charge is 0.186 e. The molecule has 1 saturated heterocycles. The fourth-order valence-corrected chi connectivity index (χ4v) is 2.01. The van der Waals surface area contributed by atoms with Crippen molar-refractivity contribution in [3.8, 4) is 0 Å². The molecule has 12 heavy (non-hydrogen) atoms. The molecule has 1 N–H and O–H groups in total. The lowest BCUT2D eigenvalue weighted by atomic mass is 9.93. The van der Waals surface area contributed by atoms with Crippen molar-refractivity contribution in [2.45, 2.75) is 50.6 Å². The quantitative estimate of drug-likeness (QED) is 0.593. The Kier molecular flexibility index (Phi) is 2.10. The van der Waals surface area contributed by atoms with E-state index in [0.29, 0.717) is 6.61 Å². The molecule has 0 spiro atoms. The summed E-state index contributed by atoms with van der Waals surface area (Å²) >= 11 is 0. The minimum atomic E-state index is -1.06. The van der Waals surface area contributed by atoms with Gasteiger partial charge < -0.3 is 14.6 Å². The van der Waals surface area contributed by atoms with Crippen molar-refractivity contribution in [2.24, 2.45) is 0 Å². The van der Waals surface area contributed by atoms with Gasteiger partial charge in [0.05, 0.1) is 12.2 Å². The van der Waals surface area contributed by atoms with Crippen LogP contribution in [0.5, 0.6) is 0 Å². The van der Waals surface area contributed by atoms with Crippen molar-refractivity contribution in [1.29, 1.82) is 0 Å². The summed E-state index contributed by atoms with van der Waals surface area (Å²) in [5.74, 6) is -1.06. The molecular formula is C9H16O3. The van der Waals surface area contributed by atoms with Gasteiger partial charge in [0.2, 0.25) is 0 Å². The molecule has 0 radical (unpaired) electrons. The van der Waals surface area contributed by atoms with E-state index in [1.165, 1.54) is 12.8 Å². The molecule has 0 aromatic carbocycles. The molecule has 3 nitrogen and oxygen atoms in total. The predicted molar refractivity (Wildman–Crippen MR) is 43.7 cm³/mol. The van der Waals surface area contributed by atoms with Crippen molar-refractivity contribution >= 4 is 0 Å². The summed E-state index contributed by atoms with van der Waals surface area (Å²) in [7, 11) is 0. The van der Waals surface area contributed by atoms with Crippen LogP contribution in [-0.4, -0.2) is 29.7 Å². The molecule has 0 aromatic heterocycles. The van der Waals surface area contributed by atoms with E-state index >= 15 is 0 Å². The molecule has 3 atom stereocenters. The van der Waals surface area contributed by atoms with Gasteiger partial charge in [0.1, 0.15) is 6.61 Å². The van der Waals surface area contributed by atoms with Crippen LogP contribution in [0.1, 0.15) is 32.6 Å². The molecule has 0 aromatic rings. The van der Waals surface area contributed by atoms with Gasteiger partial charge in [0.15, 0.2) is 5.79 Å². The Morgan fingerprint density at radius 1 is 1.25 bits per heavy atom. The van der Waals surface area contributed by atoms with Crippen LogP contribution < -0.4 is 0 Å². The maximum absolute atomic E-state index is 9.57. The second-order valence-electron chi connectivity index (χ2n) is 3.97. The predicted octanol–water partition coefficient (Wildman–Crippen LogP) is 1.05. The molecule has 2 aliphatic rings. The zero-order valence-electron chi connectivity index (χ0n) is 7.45. The molecule has 1 saturated carbocycles. The monoisotopic (exact) mass is 172 g/mol.